The maximum atomic E-state index is 11.8. The first kappa shape index (κ1) is 10.8. The van der Waals surface area contributed by atoms with E-state index in [0.717, 1.165) is 0 Å². The third-order valence-corrected chi connectivity index (χ3v) is 1.63. The second kappa shape index (κ2) is 3.83. The van der Waals surface area contributed by atoms with Gasteiger partial charge in [-0.15, -0.1) is 13.2 Å². The summed E-state index contributed by atoms with van der Waals surface area (Å²) in [6, 6.07) is 1.20. The number of nitrogens with zero attached hydrogens (tertiary/aromatic N) is 1. The molecule has 0 spiro atoms. The SMILES string of the molecule is Cc1cc(OC(F)(F)F)ncc1CN. The lowest BCUT2D eigenvalue weighted by atomic mass is 10.2. The molecule has 0 radical (unpaired) electrons. The molecular weight excluding hydrogens is 197 g/mol. The highest BCUT2D eigenvalue weighted by Gasteiger charge is 2.31. The summed E-state index contributed by atoms with van der Waals surface area (Å²) in [6.07, 6.45) is -3.43. The third-order valence-electron chi connectivity index (χ3n) is 1.63. The Bertz CT molecular complexity index is 325. The topological polar surface area (TPSA) is 48.1 Å². The Morgan fingerprint density at radius 3 is 2.57 bits per heavy atom. The number of halogens is 3. The summed E-state index contributed by atoms with van der Waals surface area (Å²) < 4.78 is 38.9. The van der Waals surface area contributed by atoms with Crippen molar-refractivity contribution < 1.29 is 17.9 Å². The zero-order valence-electron chi connectivity index (χ0n) is 7.43. The predicted molar refractivity (Wildman–Crippen MR) is 43.5 cm³/mol. The minimum absolute atomic E-state index is 0.241. The van der Waals surface area contributed by atoms with Crippen molar-refractivity contribution in [3.05, 3.63) is 23.4 Å². The average molecular weight is 206 g/mol. The van der Waals surface area contributed by atoms with Gasteiger partial charge in [0.15, 0.2) is 0 Å². The molecule has 78 valence electrons. The van der Waals surface area contributed by atoms with Gasteiger partial charge in [-0.2, -0.15) is 0 Å². The van der Waals surface area contributed by atoms with Crippen molar-refractivity contribution in [2.75, 3.05) is 0 Å². The standard InChI is InChI=1S/C8H9F3N2O/c1-5-2-7(14-8(9,10)11)13-4-6(5)3-12/h2,4H,3,12H2,1H3. The van der Waals surface area contributed by atoms with Crippen molar-refractivity contribution in [1.29, 1.82) is 0 Å². The quantitative estimate of drug-likeness (QED) is 0.801. The average Bonchev–Trinajstić information content (AvgIpc) is 2.01. The molecule has 0 amide bonds. The molecule has 0 atom stereocenters. The van der Waals surface area contributed by atoms with Crippen LogP contribution in [-0.4, -0.2) is 11.3 Å². The molecule has 0 aliphatic carbocycles. The highest BCUT2D eigenvalue weighted by molar-refractivity contribution is 5.27. The minimum Gasteiger partial charge on any atom is -0.388 e. The summed E-state index contributed by atoms with van der Waals surface area (Å²) in [5, 5.41) is 0. The Hall–Kier alpha value is -1.30. The fraction of sp³-hybridized carbons (Fsp3) is 0.375. The third kappa shape index (κ3) is 2.88. The first-order valence-corrected chi connectivity index (χ1v) is 3.83. The van der Waals surface area contributed by atoms with E-state index in [2.05, 4.69) is 9.72 Å². The summed E-state index contributed by atoms with van der Waals surface area (Å²) in [5.74, 6) is -0.466. The van der Waals surface area contributed by atoms with E-state index in [-0.39, 0.29) is 6.54 Å². The van der Waals surface area contributed by atoms with Crippen molar-refractivity contribution in [3.63, 3.8) is 0 Å². The van der Waals surface area contributed by atoms with Crippen LogP contribution in [0.3, 0.4) is 0 Å². The first-order valence-electron chi connectivity index (χ1n) is 3.83. The Labute approximate surface area is 78.7 Å². The van der Waals surface area contributed by atoms with Gasteiger partial charge < -0.3 is 10.5 Å². The monoisotopic (exact) mass is 206 g/mol. The van der Waals surface area contributed by atoms with E-state index in [0.29, 0.717) is 11.1 Å². The van der Waals surface area contributed by atoms with Crippen molar-refractivity contribution in [3.8, 4) is 5.88 Å². The normalized spacial score (nSPS) is 11.5. The highest BCUT2D eigenvalue weighted by Crippen LogP contribution is 2.22. The maximum Gasteiger partial charge on any atom is 0.574 e. The lowest BCUT2D eigenvalue weighted by Crippen LogP contribution is -2.18. The number of hydrogen-bond donors (Lipinski definition) is 1. The number of hydrogen-bond acceptors (Lipinski definition) is 3. The molecule has 1 aromatic rings. The molecule has 0 bridgehead atoms. The summed E-state index contributed by atoms with van der Waals surface area (Å²) in [5.41, 5.74) is 6.65. The van der Waals surface area contributed by atoms with Crippen LogP contribution in [-0.2, 0) is 6.54 Å². The highest BCUT2D eigenvalue weighted by atomic mass is 19.4. The van der Waals surface area contributed by atoms with Crippen molar-refractivity contribution in [2.24, 2.45) is 5.73 Å². The Morgan fingerprint density at radius 2 is 2.14 bits per heavy atom. The van der Waals surface area contributed by atoms with E-state index in [1.807, 2.05) is 0 Å². The summed E-state index contributed by atoms with van der Waals surface area (Å²) in [4.78, 5) is 3.47. The number of pyridine rings is 1. The predicted octanol–water partition coefficient (Wildman–Crippen LogP) is 1.75. The van der Waals surface area contributed by atoms with Crippen LogP contribution in [0, 0.1) is 6.92 Å². The van der Waals surface area contributed by atoms with Crippen molar-refractivity contribution in [1.82, 2.24) is 4.98 Å². The molecule has 14 heavy (non-hydrogen) atoms. The molecule has 2 N–H and O–H groups in total. The first-order chi connectivity index (χ1) is 6.42. The van der Waals surface area contributed by atoms with E-state index < -0.39 is 12.2 Å². The number of rotatable bonds is 2. The Balaban J connectivity index is 2.87. The van der Waals surface area contributed by atoms with Crippen LogP contribution in [0.15, 0.2) is 12.3 Å². The van der Waals surface area contributed by atoms with Crippen LogP contribution < -0.4 is 10.5 Å². The molecule has 0 aliphatic rings. The largest absolute Gasteiger partial charge is 0.574 e. The second-order valence-corrected chi connectivity index (χ2v) is 2.70. The summed E-state index contributed by atoms with van der Waals surface area (Å²) in [6.45, 7) is 1.89. The maximum absolute atomic E-state index is 11.8. The molecule has 1 aromatic heterocycles. The Kier molecular flexibility index (Phi) is 2.95. The van der Waals surface area contributed by atoms with Gasteiger partial charge in [-0.3, -0.25) is 0 Å². The zero-order chi connectivity index (χ0) is 10.8. The number of ether oxygens (including phenoxy) is 1. The number of nitrogens with two attached hydrogens (primary N) is 1. The number of aromatic nitrogens is 1. The molecule has 0 saturated carbocycles. The van der Waals surface area contributed by atoms with Gasteiger partial charge in [-0.05, 0) is 18.1 Å². The molecule has 0 fully saturated rings. The fourth-order valence-electron chi connectivity index (χ4n) is 0.947. The summed E-state index contributed by atoms with van der Waals surface area (Å²) in [7, 11) is 0. The van der Waals surface area contributed by atoms with Crippen LogP contribution in [0.5, 0.6) is 5.88 Å². The molecule has 3 nitrogen and oxygen atoms in total. The number of alkyl halides is 3. The van der Waals surface area contributed by atoms with E-state index >= 15 is 0 Å². The van der Waals surface area contributed by atoms with E-state index in [1.165, 1.54) is 12.3 Å². The second-order valence-electron chi connectivity index (χ2n) is 2.70. The molecule has 0 saturated heterocycles. The fourth-order valence-corrected chi connectivity index (χ4v) is 0.947. The molecule has 0 aromatic carbocycles. The molecule has 1 rings (SSSR count). The van der Waals surface area contributed by atoms with E-state index in [1.54, 1.807) is 6.92 Å². The van der Waals surface area contributed by atoms with Crippen molar-refractivity contribution >= 4 is 0 Å². The molecule has 0 unspecified atom stereocenters. The Morgan fingerprint density at radius 1 is 1.50 bits per heavy atom. The van der Waals surface area contributed by atoms with Crippen LogP contribution in [0.2, 0.25) is 0 Å². The minimum atomic E-state index is -4.70. The zero-order valence-corrected chi connectivity index (χ0v) is 7.43. The molecule has 1 heterocycles. The summed E-state index contributed by atoms with van der Waals surface area (Å²) >= 11 is 0. The smallest absolute Gasteiger partial charge is 0.388 e. The van der Waals surface area contributed by atoms with Crippen LogP contribution in [0.4, 0.5) is 13.2 Å². The molecular formula is C8H9F3N2O. The van der Waals surface area contributed by atoms with Gasteiger partial charge in [0.05, 0.1) is 0 Å². The van der Waals surface area contributed by atoms with Gasteiger partial charge in [0.1, 0.15) is 0 Å². The molecule has 6 heteroatoms. The van der Waals surface area contributed by atoms with Gasteiger partial charge in [0.2, 0.25) is 5.88 Å². The van der Waals surface area contributed by atoms with E-state index in [4.69, 9.17) is 5.73 Å². The van der Waals surface area contributed by atoms with Crippen LogP contribution in [0.1, 0.15) is 11.1 Å². The van der Waals surface area contributed by atoms with Gasteiger partial charge in [-0.1, -0.05) is 0 Å². The van der Waals surface area contributed by atoms with Crippen LogP contribution >= 0.6 is 0 Å². The van der Waals surface area contributed by atoms with Gasteiger partial charge in [0.25, 0.3) is 0 Å². The van der Waals surface area contributed by atoms with E-state index in [9.17, 15) is 13.2 Å². The lowest BCUT2D eigenvalue weighted by molar-refractivity contribution is -0.276. The van der Waals surface area contributed by atoms with Crippen molar-refractivity contribution in [2.45, 2.75) is 19.8 Å². The van der Waals surface area contributed by atoms with Crippen LogP contribution in [0.25, 0.3) is 0 Å². The van der Waals surface area contributed by atoms with Gasteiger partial charge >= 0.3 is 6.36 Å². The molecule has 0 aliphatic heterocycles. The lowest BCUT2D eigenvalue weighted by Gasteiger charge is -2.09. The van der Waals surface area contributed by atoms with Gasteiger partial charge in [0, 0.05) is 18.8 Å². The number of aryl methyl sites for hydroxylation is 1. The van der Waals surface area contributed by atoms with Gasteiger partial charge in [-0.25, -0.2) is 4.98 Å².